The molecule has 212 valence electrons. The van der Waals surface area contributed by atoms with Gasteiger partial charge in [0, 0.05) is 25.6 Å². The molecule has 3 aliphatic rings. The first-order chi connectivity index (χ1) is 17.9. The summed E-state index contributed by atoms with van der Waals surface area (Å²) in [6, 6.07) is -1.74. The lowest BCUT2D eigenvalue weighted by Gasteiger charge is -2.32. The van der Waals surface area contributed by atoms with Crippen LogP contribution in [-0.2, 0) is 24.0 Å². The summed E-state index contributed by atoms with van der Waals surface area (Å²) >= 11 is 0. The second-order valence-corrected chi connectivity index (χ2v) is 11.4. The average Bonchev–Trinajstić information content (AvgIpc) is 3.76. The van der Waals surface area contributed by atoms with Crippen molar-refractivity contribution < 1.29 is 33.9 Å². The van der Waals surface area contributed by atoms with Gasteiger partial charge in [-0.15, -0.1) is 13.2 Å². The number of hydrogen-bond acceptors (Lipinski definition) is 8. The van der Waals surface area contributed by atoms with Gasteiger partial charge in [0.1, 0.15) is 17.7 Å². The van der Waals surface area contributed by atoms with E-state index in [2.05, 4.69) is 28.9 Å². The molecular formula is C27H42N4O7. The van der Waals surface area contributed by atoms with Gasteiger partial charge >= 0.3 is 12.1 Å². The maximum absolute atomic E-state index is 13.8. The van der Waals surface area contributed by atoms with Crippen LogP contribution in [-0.4, -0.2) is 88.2 Å². The number of carbonyl (C=O) groups excluding carboxylic acids is 4. The third kappa shape index (κ3) is 8.56. The first kappa shape index (κ1) is 29.6. The van der Waals surface area contributed by atoms with E-state index in [1.165, 1.54) is 4.90 Å². The zero-order valence-electron chi connectivity index (χ0n) is 22.7. The number of nitrogens with one attached hydrogen (secondary N) is 2. The Balaban J connectivity index is 1.70. The van der Waals surface area contributed by atoms with Gasteiger partial charge in [-0.1, -0.05) is 12.2 Å². The highest BCUT2D eigenvalue weighted by molar-refractivity contribution is 5.92. The van der Waals surface area contributed by atoms with Gasteiger partial charge in [-0.25, -0.2) is 9.59 Å². The minimum Gasteiger partial charge on any atom is -0.444 e. The minimum absolute atomic E-state index is 0.0152. The molecule has 38 heavy (non-hydrogen) atoms. The number of hydrogen-bond donors (Lipinski definition) is 3. The number of hydroxylamine groups is 1. The Bertz CT molecular complexity index is 914. The maximum atomic E-state index is 13.8. The molecule has 3 amide bonds. The van der Waals surface area contributed by atoms with Crippen LogP contribution in [0.5, 0.6) is 0 Å². The molecule has 1 saturated heterocycles. The predicted octanol–water partition coefficient (Wildman–Crippen LogP) is 1.67. The maximum Gasteiger partial charge on any atom is 0.408 e. The number of likely N-dealkylation sites (tertiary alicyclic amines) is 1. The minimum atomic E-state index is -1.06. The van der Waals surface area contributed by atoms with Crippen LogP contribution in [0.1, 0.15) is 59.3 Å². The Kier molecular flexibility index (Phi) is 9.94. The van der Waals surface area contributed by atoms with Crippen molar-refractivity contribution in [2.45, 2.75) is 89.1 Å². The quantitative estimate of drug-likeness (QED) is 0.195. The lowest BCUT2D eigenvalue weighted by atomic mass is 10.1. The van der Waals surface area contributed by atoms with Crippen molar-refractivity contribution >= 4 is 23.9 Å². The summed E-state index contributed by atoms with van der Waals surface area (Å²) in [5.74, 6) is -2.09. The molecule has 1 aliphatic heterocycles. The first-order valence-electron chi connectivity index (χ1n) is 13.4. The van der Waals surface area contributed by atoms with E-state index in [1.54, 1.807) is 26.8 Å². The summed E-state index contributed by atoms with van der Waals surface area (Å²) in [4.78, 5) is 59.8. The zero-order chi connectivity index (χ0) is 28.0. The largest absolute Gasteiger partial charge is 0.444 e. The summed E-state index contributed by atoms with van der Waals surface area (Å²) in [5, 5.41) is 13.0. The van der Waals surface area contributed by atoms with E-state index in [0.29, 0.717) is 12.5 Å². The lowest BCUT2D eigenvalue weighted by molar-refractivity contribution is -0.162. The molecule has 1 heterocycles. The Morgan fingerprint density at radius 2 is 1.89 bits per heavy atom. The number of allylic oxidation sites excluding steroid dienone is 2. The van der Waals surface area contributed by atoms with Crippen LogP contribution in [0.25, 0.3) is 0 Å². The number of aliphatic hydroxyl groups is 1. The first-order valence-corrected chi connectivity index (χ1v) is 13.4. The molecular weight excluding hydrogens is 492 g/mol. The summed E-state index contributed by atoms with van der Waals surface area (Å²) < 4.78 is 5.40. The molecule has 3 N–H and O–H groups in total. The third-order valence-corrected chi connectivity index (χ3v) is 6.89. The molecule has 0 aromatic carbocycles. The fourth-order valence-electron chi connectivity index (χ4n) is 4.67. The Hall–Kier alpha value is -2.92. The standard InChI is InChI=1S/C27H42N4O7/c1-6-8-9-12-30(18-10-11-18)16-21(28-26(36)37-27(3,4)5)24(34)31-15-19(32)14-22(31)23(33)29-38-25(35)20-13-17(20)7-2/h6-7,17-22,32H,1-2,8-16H2,3-5H3,(H,28,36)(H,29,33)/t17-,19-,20-,21+,22+/m1/s1. The van der Waals surface area contributed by atoms with E-state index in [9.17, 15) is 24.3 Å². The van der Waals surface area contributed by atoms with E-state index in [0.717, 1.165) is 32.2 Å². The van der Waals surface area contributed by atoms with Crippen molar-refractivity contribution in [2.75, 3.05) is 19.6 Å². The molecule has 3 rings (SSSR count). The number of unbranched alkanes of at least 4 members (excludes halogenated alkanes) is 1. The van der Waals surface area contributed by atoms with Crippen LogP contribution < -0.4 is 10.8 Å². The topological polar surface area (TPSA) is 138 Å². The average molecular weight is 535 g/mol. The SMILES string of the molecule is C=CCCCN(C[C@H](NC(=O)OC(C)(C)C)C(=O)N1C[C@H](O)C[C@H]1C(=O)NOC(=O)[C@@H]1C[C@H]1C=C)C1CC1. The molecule has 0 unspecified atom stereocenters. The predicted molar refractivity (Wildman–Crippen MR) is 139 cm³/mol. The van der Waals surface area contributed by atoms with E-state index in [-0.39, 0.29) is 31.3 Å². The summed E-state index contributed by atoms with van der Waals surface area (Å²) in [7, 11) is 0. The van der Waals surface area contributed by atoms with Gasteiger partial charge < -0.3 is 24.9 Å². The third-order valence-electron chi connectivity index (χ3n) is 6.89. The van der Waals surface area contributed by atoms with Crippen LogP contribution in [0.3, 0.4) is 0 Å². The summed E-state index contributed by atoms with van der Waals surface area (Å²) in [6.07, 6.45) is 6.14. The number of alkyl carbamates (subject to hydrolysis) is 1. The van der Waals surface area contributed by atoms with E-state index in [4.69, 9.17) is 9.57 Å². The molecule has 0 aromatic heterocycles. The molecule has 0 spiro atoms. The molecule has 2 aliphatic carbocycles. The van der Waals surface area contributed by atoms with Gasteiger partial charge in [0.05, 0.1) is 12.0 Å². The van der Waals surface area contributed by atoms with Crippen molar-refractivity contribution in [2.24, 2.45) is 11.8 Å². The van der Waals surface area contributed by atoms with E-state index >= 15 is 0 Å². The van der Waals surface area contributed by atoms with E-state index < -0.39 is 47.7 Å². The number of rotatable bonds is 12. The van der Waals surface area contributed by atoms with Crippen LogP contribution in [0.15, 0.2) is 25.3 Å². The van der Waals surface area contributed by atoms with Crippen LogP contribution in [0.4, 0.5) is 4.79 Å². The highest BCUT2D eigenvalue weighted by Crippen LogP contribution is 2.40. The summed E-state index contributed by atoms with van der Waals surface area (Å²) in [6.45, 7) is 13.5. The molecule has 3 fully saturated rings. The molecule has 11 nitrogen and oxygen atoms in total. The number of carbonyl (C=O) groups is 4. The highest BCUT2D eigenvalue weighted by Gasteiger charge is 2.45. The second-order valence-electron chi connectivity index (χ2n) is 11.4. The Morgan fingerprint density at radius 1 is 1.18 bits per heavy atom. The van der Waals surface area contributed by atoms with Crippen molar-refractivity contribution in [3.8, 4) is 0 Å². The smallest absolute Gasteiger partial charge is 0.408 e. The van der Waals surface area contributed by atoms with Gasteiger partial charge in [0.15, 0.2) is 0 Å². The van der Waals surface area contributed by atoms with Crippen LogP contribution >= 0.6 is 0 Å². The van der Waals surface area contributed by atoms with Crippen molar-refractivity contribution in [3.63, 3.8) is 0 Å². The molecule has 0 bridgehead atoms. The molecule has 0 aromatic rings. The molecule has 11 heteroatoms. The van der Waals surface area contributed by atoms with Gasteiger partial charge in [0.25, 0.3) is 5.91 Å². The zero-order valence-corrected chi connectivity index (χ0v) is 22.7. The number of nitrogens with zero attached hydrogens (tertiary/aromatic N) is 2. The molecule has 2 saturated carbocycles. The Morgan fingerprint density at radius 3 is 2.47 bits per heavy atom. The molecule has 0 radical (unpaired) electrons. The van der Waals surface area contributed by atoms with Gasteiger partial charge in [-0.3, -0.25) is 14.5 Å². The van der Waals surface area contributed by atoms with Gasteiger partial charge in [-0.05, 0) is 65.3 Å². The lowest BCUT2D eigenvalue weighted by Crippen LogP contribution is -2.57. The summed E-state index contributed by atoms with van der Waals surface area (Å²) in [5.41, 5.74) is 1.39. The number of amides is 3. The van der Waals surface area contributed by atoms with Crippen molar-refractivity contribution in [3.05, 3.63) is 25.3 Å². The highest BCUT2D eigenvalue weighted by atomic mass is 16.7. The monoisotopic (exact) mass is 534 g/mol. The van der Waals surface area contributed by atoms with Crippen LogP contribution in [0, 0.1) is 11.8 Å². The van der Waals surface area contributed by atoms with Crippen molar-refractivity contribution in [1.82, 2.24) is 20.6 Å². The Labute approximate surface area is 224 Å². The van der Waals surface area contributed by atoms with Gasteiger partial charge in [0.2, 0.25) is 5.91 Å². The normalized spacial score (nSPS) is 25.3. The number of aliphatic hydroxyl groups excluding tert-OH is 1. The van der Waals surface area contributed by atoms with Crippen molar-refractivity contribution in [1.29, 1.82) is 0 Å². The fraction of sp³-hybridized carbons (Fsp3) is 0.704. The van der Waals surface area contributed by atoms with Crippen LogP contribution in [0.2, 0.25) is 0 Å². The van der Waals surface area contributed by atoms with Gasteiger partial charge in [-0.2, -0.15) is 5.48 Å². The number of ether oxygens (including phenoxy) is 1. The fourth-order valence-corrected chi connectivity index (χ4v) is 4.67. The molecule has 5 atom stereocenters. The van der Waals surface area contributed by atoms with E-state index in [1.807, 2.05) is 6.08 Å². The number of β-amino-alcohol motifs (C(OH)–C–C–N with tert-alkyl or cyclic N) is 1. The second kappa shape index (κ2) is 12.8.